The van der Waals surface area contributed by atoms with E-state index < -0.39 is 0 Å². The molecule has 0 radical (unpaired) electrons. The fourth-order valence-corrected chi connectivity index (χ4v) is 4.12. The first-order chi connectivity index (χ1) is 10.3. The topological polar surface area (TPSA) is 12.4 Å². The molecule has 2 heteroatoms. The van der Waals surface area contributed by atoms with E-state index in [1.807, 2.05) is 11.8 Å². The monoisotopic (exact) mass is 311 g/mol. The van der Waals surface area contributed by atoms with Gasteiger partial charge in [0.2, 0.25) is 0 Å². The number of nitrogens with zero attached hydrogens (tertiary/aromatic N) is 1. The molecule has 1 atom stereocenters. The Morgan fingerprint density at radius 2 is 1.29 bits per heavy atom. The van der Waals surface area contributed by atoms with Crippen molar-refractivity contribution in [1.29, 1.82) is 0 Å². The maximum absolute atomic E-state index is 4.66. The minimum atomic E-state index is 0.595. The van der Waals surface area contributed by atoms with Crippen LogP contribution in [0.3, 0.4) is 0 Å². The van der Waals surface area contributed by atoms with Crippen molar-refractivity contribution in [3.63, 3.8) is 0 Å². The Morgan fingerprint density at radius 3 is 1.71 bits per heavy atom. The van der Waals surface area contributed by atoms with Gasteiger partial charge < -0.3 is 0 Å². The van der Waals surface area contributed by atoms with Gasteiger partial charge in [0.15, 0.2) is 0 Å². The Morgan fingerprint density at radius 1 is 0.810 bits per heavy atom. The van der Waals surface area contributed by atoms with Crippen molar-refractivity contribution in [2.45, 2.75) is 109 Å². The van der Waals surface area contributed by atoms with Gasteiger partial charge in [-0.2, -0.15) is 0 Å². The summed E-state index contributed by atoms with van der Waals surface area (Å²) in [5.41, 5.74) is 1.35. The van der Waals surface area contributed by atoms with Crippen LogP contribution in [0.1, 0.15) is 104 Å². The van der Waals surface area contributed by atoms with Gasteiger partial charge in [-0.15, -0.1) is 11.8 Å². The van der Waals surface area contributed by atoms with E-state index in [0.717, 1.165) is 0 Å². The molecule has 0 aliphatic carbocycles. The summed E-state index contributed by atoms with van der Waals surface area (Å²) in [4.78, 5) is 4.66. The average molecular weight is 312 g/mol. The molecule has 21 heavy (non-hydrogen) atoms. The molecule has 0 spiro atoms. The number of rotatable bonds is 14. The molecule has 0 N–H and O–H groups in total. The highest BCUT2D eigenvalue weighted by molar-refractivity contribution is 8.00. The molecule has 0 saturated carbocycles. The lowest BCUT2D eigenvalue weighted by molar-refractivity contribution is 0.535. The molecule has 1 aliphatic rings. The lowest BCUT2D eigenvalue weighted by Crippen LogP contribution is -1.94. The van der Waals surface area contributed by atoms with E-state index in [1.165, 1.54) is 101 Å². The van der Waals surface area contributed by atoms with Crippen molar-refractivity contribution in [2.24, 2.45) is 4.99 Å². The molecule has 1 rings (SSSR count). The van der Waals surface area contributed by atoms with E-state index in [4.69, 9.17) is 0 Å². The summed E-state index contributed by atoms with van der Waals surface area (Å²) in [7, 11) is 0. The minimum absolute atomic E-state index is 0.595. The van der Waals surface area contributed by atoms with Gasteiger partial charge in [-0.25, -0.2) is 0 Å². The molecular formula is C19H37NS. The standard InChI is InChI=1S/C19H37NS/c1-3-4-5-6-7-8-9-10-11-12-13-14-15-16-19-20-18(2)17-21-19/h19H,3-17H2,1-2H3. The van der Waals surface area contributed by atoms with Crippen LogP contribution in [0.2, 0.25) is 0 Å². The highest BCUT2D eigenvalue weighted by atomic mass is 32.2. The number of hydrogen-bond donors (Lipinski definition) is 0. The normalized spacial score (nSPS) is 18.2. The van der Waals surface area contributed by atoms with Crippen LogP contribution >= 0.6 is 11.8 Å². The van der Waals surface area contributed by atoms with Gasteiger partial charge in [-0.05, 0) is 13.3 Å². The lowest BCUT2D eigenvalue weighted by Gasteiger charge is -2.06. The molecule has 0 fully saturated rings. The summed E-state index contributed by atoms with van der Waals surface area (Å²) >= 11 is 2.03. The van der Waals surface area contributed by atoms with Gasteiger partial charge in [0.25, 0.3) is 0 Å². The van der Waals surface area contributed by atoms with Gasteiger partial charge in [0.1, 0.15) is 0 Å². The first-order valence-electron chi connectivity index (χ1n) is 9.48. The molecule has 1 heterocycles. The molecule has 0 aromatic heterocycles. The van der Waals surface area contributed by atoms with Gasteiger partial charge >= 0.3 is 0 Å². The zero-order valence-corrected chi connectivity index (χ0v) is 15.4. The second-order valence-electron chi connectivity index (χ2n) is 6.66. The minimum Gasteiger partial charge on any atom is -0.279 e. The largest absolute Gasteiger partial charge is 0.279 e. The molecule has 0 saturated heterocycles. The Bertz CT molecular complexity index is 262. The predicted octanol–water partition coefficient (Wildman–Crippen LogP) is 7.00. The second-order valence-corrected chi connectivity index (χ2v) is 7.83. The van der Waals surface area contributed by atoms with Crippen LogP contribution in [0, 0.1) is 0 Å². The van der Waals surface area contributed by atoms with Crippen molar-refractivity contribution in [2.75, 3.05) is 5.75 Å². The van der Waals surface area contributed by atoms with Gasteiger partial charge in [0.05, 0.1) is 5.37 Å². The molecule has 0 bridgehead atoms. The highest BCUT2D eigenvalue weighted by Crippen LogP contribution is 2.25. The number of aliphatic imine (C=N–C) groups is 1. The summed E-state index contributed by atoms with van der Waals surface area (Å²) in [6, 6.07) is 0. The van der Waals surface area contributed by atoms with Gasteiger partial charge in [-0.1, -0.05) is 90.4 Å². The molecule has 1 unspecified atom stereocenters. The molecule has 1 nitrogen and oxygen atoms in total. The van der Waals surface area contributed by atoms with E-state index in [9.17, 15) is 0 Å². The third kappa shape index (κ3) is 11.3. The first-order valence-corrected chi connectivity index (χ1v) is 10.5. The number of hydrogen-bond acceptors (Lipinski definition) is 2. The summed E-state index contributed by atoms with van der Waals surface area (Å²) in [5.74, 6) is 1.17. The van der Waals surface area contributed by atoms with Crippen molar-refractivity contribution in [3.8, 4) is 0 Å². The van der Waals surface area contributed by atoms with E-state index in [1.54, 1.807) is 0 Å². The van der Waals surface area contributed by atoms with Crippen LogP contribution in [0.5, 0.6) is 0 Å². The summed E-state index contributed by atoms with van der Waals surface area (Å²) in [6.45, 7) is 4.46. The molecular weight excluding hydrogens is 274 g/mol. The Balaban J connectivity index is 1.71. The van der Waals surface area contributed by atoms with Gasteiger partial charge in [-0.3, -0.25) is 4.99 Å². The van der Waals surface area contributed by atoms with E-state index >= 15 is 0 Å². The summed E-state index contributed by atoms with van der Waals surface area (Å²) in [6.07, 6.45) is 20.1. The summed E-state index contributed by atoms with van der Waals surface area (Å²) in [5, 5.41) is 0.595. The van der Waals surface area contributed by atoms with Crippen molar-refractivity contribution in [1.82, 2.24) is 0 Å². The predicted molar refractivity (Wildman–Crippen MR) is 99.7 cm³/mol. The smallest absolute Gasteiger partial charge is 0.0954 e. The Hall–Kier alpha value is 0.0200. The van der Waals surface area contributed by atoms with Gasteiger partial charge in [0, 0.05) is 11.5 Å². The van der Waals surface area contributed by atoms with Crippen molar-refractivity contribution in [3.05, 3.63) is 0 Å². The second kappa shape index (κ2) is 13.7. The van der Waals surface area contributed by atoms with Crippen LogP contribution < -0.4 is 0 Å². The number of thioether (sulfide) groups is 1. The van der Waals surface area contributed by atoms with E-state index in [2.05, 4.69) is 18.8 Å². The van der Waals surface area contributed by atoms with Crippen molar-refractivity contribution < 1.29 is 0 Å². The number of unbranched alkanes of at least 4 members (excludes halogenated alkanes) is 12. The quantitative estimate of drug-likeness (QED) is 0.314. The Kier molecular flexibility index (Phi) is 12.4. The Labute approximate surface area is 137 Å². The van der Waals surface area contributed by atoms with Crippen molar-refractivity contribution >= 4 is 17.5 Å². The molecule has 0 aromatic carbocycles. The maximum Gasteiger partial charge on any atom is 0.0954 e. The van der Waals surface area contributed by atoms with Crippen LogP contribution in [-0.2, 0) is 0 Å². The van der Waals surface area contributed by atoms with Crippen LogP contribution in [0.15, 0.2) is 4.99 Å². The highest BCUT2D eigenvalue weighted by Gasteiger charge is 2.13. The average Bonchev–Trinajstić information content (AvgIpc) is 2.89. The molecule has 0 amide bonds. The molecule has 1 aliphatic heterocycles. The maximum atomic E-state index is 4.66. The fourth-order valence-electron chi connectivity index (χ4n) is 3.02. The first kappa shape index (κ1) is 19.1. The third-order valence-electron chi connectivity index (χ3n) is 4.40. The third-order valence-corrected chi connectivity index (χ3v) is 5.71. The lowest BCUT2D eigenvalue weighted by atomic mass is 10.0. The zero-order valence-electron chi connectivity index (χ0n) is 14.5. The molecule has 124 valence electrons. The SMILES string of the molecule is CCCCCCCCCCCCCCCC1N=C(C)CS1. The zero-order chi connectivity index (χ0) is 15.2. The van der Waals surface area contributed by atoms with E-state index in [-0.39, 0.29) is 0 Å². The van der Waals surface area contributed by atoms with Crippen LogP contribution in [0.25, 0.3) is 0 Å². The molecule has 0 aromatic rings. The van der Waals surface area contributed by atoms with E-state index in [0.29, 0.717) is 5.37 Å². The van der Waals surface area contributed by atoms with Crippen LogP contribution in [0.4, 0.5) is 0 Å². The fraction of sp³-hybridized carbons (Fsp3) is 0.947. The van der Waals surface area contributed by atoms with Crippen LogP contribution in [-0.4, -0.2) is 16.8 Å². The summed E-state index contributed by atoms with van der Waals surface area (Å²) < 4.78 is 0.